The monoisotopic (exact) mass is 292 g/mol. The van der Waals surface area contributed by atoms with E-state index in [-0.39, 0.29) is 0 Å². The van der Waals surface area contributed by atoms with E-state index in [1.807, 2.05) is 30.3 Å². The number of rotatable bonds is 6. The Balaban J connectivity index is 2.00. The topological polar surface area (TPSA) is 38.9 Å². The maximum absolute atomic E-state index is 5.52. The van der Waals surface area contributed by atoms with Crippen LogP contribution in [-0.2, 0) is 6.42 Å². The molecule has 0 bridgehead atoms. The second-order valence-electron chi connectivity index (χ2n) is 5.40. The van der Waals surface area contributed by atoms with Crippen molar-refractivity contribution in [1.29, 1.82) is 0 Å². The number of hydrogen-bond acceptors (Lipinski definition) is 3. The quantitative estimate of drug-likeness (QED) is 0.591. The summed E-state index contributed by atoms with van der Waals surface area (Å²) in [7, 11) is 0. The molecule has 0 radical (unpaired) electrons. The van der Waals surface area contributed by atoms with Crippen LogP contribution in [0.4, 0.5) is 0 Å². The highest BCUT2D eigenvalue weighted by Gasteiger charge is 2.13. The van der Waals surface area contributed by atoms with E-state index in [1.54, 1.807) is 6.26 Å². The van der Waals surface area contributed by atoms with E-state index in [1.165, 1.54) is 12.8 Å². The molecule has 0 saturated carbocycles. The summed E-state index contributed by atoms with van der Waals surface area (Å²) in [6.07, 6.45) is 6.23. The van der Waals surface area contributed by atoms with E-state index in [4.69, 9.17) is 4.42 Å². The van der Waals surface area contributed by atoms with Gasteiger partial charge < -0.3 is 4.42 Å². The molecule has 0 atom stereocenters. The van der Waals surface area contributed by atoms with Crippen LogP contribution in [0, 0.1) is 0 Å². The first-order chi connectivity index (χ1) is 10.9. The third-order valence-electron chi connectivity index (χ3n) is 3.72. The Labute approximate surface area is 131 Å². The highest BCUT2D eigenvalue weighted by atomic mass is 16.3. The number of unbranched alkanes of at least 4 members (excludes halogenated alkanes) is 2. The van der Waals surface area contributed by atoms with Gasteiger partial charge in [0, 0.05) is 5.56 Å². The molecular formula is C19H20N2O. The number of hydrogen-bond donors (Lipinski definition) is 0. The van der Waals surface area contributed by atoms with Crippen molar-refractivity contribution in [2.24, 2.45) is 0 Å². The second-order valence-corrected chi connectivity index (χ2v) is 5.40. The van der Waals surface area contributed by atoms with Crippen LogP contribution in [0.3, 0.4) is 0 Å². The maximum Gasteiger partial charge on any atom is 0.154 e. The zero-order valence-electron chi connectivity index (χ0n) is 12.8. The summed E-state index contributed by atoms with van der Waals surface area (Å²) in [5.41, 5.74) is 4.07. The third-order valence-corrected chi connectivity index (χ3v) is 3.72. The number of aryl methyl sites for hydroxylation is 1. The first-order valence-corrected chi connectivity index (χ1v) is 7.84. The predicted octanol–water partition coefficient (Wildman–Crippen LogP) is 5.14. The molecule has 112 valence electrons. The van der Waals surface area contributed by atoms with Gasteiger partial charge in [-0.2, -0.15) is 5.10 Å². The van der Waals surface area contributed by atoms with Crippen molar-refractivity contribution in [1.82, 2.24) is 10.2 Å². The third kappa shape index (κ3) is 3.25. The van der Waals surface area contributed by atoms with Gasteiger partial charge in [-0.3, -0.25) is 0 Å². The number of benzene rings is 1. The average molecular weight is 292 g/mol. The molecule has 3 rings (SSSR count). The molecule has 0 amide bonds. The summed E-state index contributed by atoms with van der Waals surface area (Å²) in [5, 5.41) is 8.82. The summed E-state index contributed by atoms with van der Waals surface area (Å²) in [6.45, 7) is 2.21. The summed E-state index contributed by atoms with van der Waals surface area (Å²) in [5.74, 6) is 0.756. The van der Waals surface area contributed by atoms with Crippen LogP contribution >= 0.6 is 0 Å². The van der Waals surface area contributed by atoms with Crippen LogP contribution in [-0.4, -0.2) is 10.2 Å². The molecule has 0 N–H and O–H groups in total. The first-order valence-electron chi connectivity index (χ1n) is 7.84. The lowest BCUT2D eigenvalue weighted by atomic mass is 10.0. The summed E-state index contributed by atoms with van der Waals surface area (Å²) >= 11 is 0. The van der Waals surface area contributed by atoms with Gasteiger partial charge in [0.15, 0.2) is 5.76 Å². The minimum absolute atomic E-state index is 0.756. The highest BCUT2D eigenvalue weighted by Crippen LogP contribution is 2.30. The summed E-state index contributed by atoms with van der Waals surface area (Å²) < 4.78 is 5.52. The number of nitrogens with zero attached hydrogens (tertiary/aromatic N) is 2. The predicted molar refractivity (Wildman–Crippen MR) is 88.4 cm³/mol. The van der Waals surface area contributed by atoms with Crippen molar-refractivity contribution in [2.45, 2.75) is 32.6 Å². The molecule has 2 heterocycles. The SMILES string of the molecule is CCCCCc1cc(-c2ccccc2)c(-c2ccco2)nn1. The van der Waals surface area contributed by atoms with Crippen LogP contribution in [0.15, 0.2) is 59.2 Å². The zero-order valence-corrected chi connectivity index (χ0v) is 12.8. The van der Waals surface area contributed by atoms with Gasteiger partial charge in [0.05, 0.1) is 12.0 Å². The molecule has 0 aliphatic rings. The van der Waals surface area contributed by atoms with Gasteiger partial charge in [-0.15, -0.1) is 5.10 Å². The Hall–Kier alpha value is -2.42. The Morgan fingerprint density at radius 2 is 1.82 bits per heavy atom. The molecule has 3 aromatic rings. The summed E-state index contributed by atoms with van der Waals surface area (Å²) in [6, 6.07) is 16.2. The standard InChI is InChI=1S/C19H20N2O/c1-2-3-5-11-16-14-17(15-9-6-4-7-10-15)19(21-20-16)18-12-8-13-22-18/h4,6-10,12-14H,2-3,5,11H2,1H3. The van der Waals surface area contributed by atoms with Gasteiger partial charge in [-0.1, -0.05) is 50.1 Å². The maximum atomic E-state index is 5.52. The van der Waals surface area contributed by atoms with E-state index in [0.29, 0.717) is 0 Å². The smallest absolute Gasteiger partial charge is 0.154 e. The molecule has 2 aromatic heterocycles. The normalized spacial score (nSPS) is 10.8. The Bertz CT molecular complexity index is 706. The molecule has 0 aliphatic heterocycles. The molecule has 0 spiro atoms. The van der Waals surface area contributed by atoms with E-state index in [9.17, 15) is 0 Å². The lowest BCUT2D eigenvalue weighted by Crippen LogP contribution is -1.98. The van der Waals surface area contributed by atoms with Crippen molar-refractivity contribution < 1.29 is 4.42 Å². The molecular weight excluding hydrogens is 272 g/mol. The van der Waals surface area contributed by atoms with Crippen molar-refractivity contribution in [3.8, 4) is 22.6 Å². The van der Waals surface area contributed by atoms with Gasteiger partial charge in [-0.05, 0) is 36.6 Å². The van der Waals surface area contributed by atoms with Crippen LogP contribution in [0.5, 0.6) is 0 Å². The van der Waals surface area contributed by atoms with E-state index in [2.05, 4.69) is 35.3 Å². The molecule has 1 aromatic carbocycles. The van der Waals surface area contributed by atoms with E-state index < -0.39 is 0 Å². The fraction of sp³-hybridized carbons (Fsp3) is 0.263. The van der Waals surface area contributed by atoms with E-state index in [0.717, 1.165) is 41.1 Å². The molecule has 3 heteroatoms. The molecule has 0 saturated heterocycles. The van der Waals surface area contributed by atoms with Crippen LogP contribution in [0.25, 0.3) is 22.6 Å². The van der Waals surface area contributed by atoms with Crippen molar-refractivity contribution in [3.63, 3.8) is 0 Å². The second kappa shape index (κ2) is 7.03. The lowest BCUT2D eigenvalue weighted by Gasteiger charge is -2.08. The molecule has 0 aliphatic carbocycles. The first kappa shape index (κ1) is 14.5. The number of aromatic nitrogens is 2. The van der Waals surface area contributed by atoms with Gasteiger partial charge >= 0.3 is 0 Å². The molecule has 3 nitrogen and oxygen atoms in total. The van der Waals surface area contributed by atoms with Crippen molar-refractivity contribution >= 4 is 0 Å². The fourth-order valence-corrected chi connectivity index (χ4v) is 2.54. The Kier molecular flexibility index (Phi) is 4.64. The molecule has 0 fully saturated rings. The largest absolute Gasteiger partial charge is 0.463 e. The molecule has 0 unspecified atom stereocenters. The minimum atomic E-state index is 0.756. The van der Waals surface area contributed by atoms with Crippen LogP contribution < -0.4 is 0 Å². The lowest BCUT2D eigenvalue weighted by molar-refractivity contribution is 0.578. The molecule has 22 heavy (non-hydrogen) atoms. The van der Waals surface area contributed by atoms with Crippen molar-refractivity contribution in [2.75, 3.05) is 0 Å². The van der Waals surface area contributed by atoms with Gasteiger partial charge in [0.2, 0.25) is 0 Å². The summed E-state index contributed by atoms with van der Waals surface area (Å²) in [4.78, 5) is 0. The minimum Gasteiger partial charge on any atom is -0.463 e. The van der Waals surface area contributed by atoms with Crippen LogP contribution in [0.2, 0.25) is 0 Å². The van der Waals surface area contributed by atoms with Gasteiger partial charge in [0.25, 0.3) is 0 Å². The Morgan fingerprint density at radius 1 is 0.955 bits per heavy atom. The number of furan rings is 1. The van der Waals surface area contributed by atoms with Gasteiger partial charge in [-0.25, -0.2) is 0 Å². The van der Waals surface area contributed by atoms with E-state index >= 15 is 0 Å². The zero-order chi connectivity index (χ0) is 15.2. The average Bonchev–Trinajstić information content (AvgIpc) is 3.10. The highest BCUT2D eigenvalue weighted by molar-refractivity contribution is 5.78. The van der Waals surface area contributed by atoms with Crippen molar-refractivity contribution in [3.05, 3.63) is 60.5 Å². The Morgan fingerprint density at radius 3 is 2.55 bits per heavy atom. The fourth-order valence-electron chi connectivity index (χ4n) is 2.54. The van der Waals surface area contributed by atoms with Gasteiger partial charge in [0.1, 0.15) is 5.69 Å². The van der Waals surface area contributed by atoms with Crippen LogP contribution in [0.1, 0.15) is 31.9 Å².